The molecule has 0 aliphatic heterocycles. The molecular formula is C16H22N2S. The summed E-state index contributed by atoms with van der Waals surface area (Å²) in [7, 11) is 0. The molecule has 0 spiro atoms. The molecule has 2 nitrogen and oxygen atoms in total. The molecule has 1 atom stereocenters. The molecule has 3 heteroatoms. The van der Waals surface area contributed by atoms with Crippen molar-refractivity contribution in [2.24, 2.45) is 5.84 Å². The molecule has 0 fully saturated rings. The third-order valence-corrected chi connectivity index (χ3v) is 4.52. The van der Waals surface area contributed by atoms with E-state index in [1.807, 2.05) is 0 Å². The normalized spacial score (nSPS) is 13.5. The zero-order valence-corrected chi connectivity index (χ0v) is 12.8. The van der Waals surface area contributed by atoms with Crippen molar-refractivity contribution in [1.82, 2.24) is 5.43 Å². The SMILES string of the molecule is Cc1ccsc1C(NN)c1ccc(C(C)(C)C)cc1. The highest BCUT2D eigenvalue weighted by Crippen LogP contribution is 2.30. The van der Waals surface area contributed by atoms with E-state index in [0.717, 1.165) is 0 Å². The number of aryl methyl sites for hydroxylation is 1. The first kappa shape index (κ1) is 14.3. The van der Waals surface area contributed by atoms with Gasteiger partial charge in [0.15, 0.2) is 0 Å². The summed E-state index contributed by atoms with van der Waals surface area (Å²) >= 11 is 1.74. The van der Waals surface area contributed by atoms with Crippen LogP contribution in [0.4, 0.5) is 0 Å². The predicted octanol–water partition coefficient (Wildman–Crippen LogP) is 3.91. The minimum Gasteiger partial charge on any atom is -0.271 e. The summed E-state index contributed by atoms with van der Waals surface area (Å²) in [6, 6.07) is 10.9. The molecule has 1 unspecified atom stereocenters. The van der Waals surface area contributed by atoms with Crippen LogP contribution in [0.1, 0.15) is 48.4 Å². The Morgan fingerprint density at radius 2 is 1.74 bits per heavy atom. The van der Waals surface area contributed by atoms with Gasteiger partial charge in [0.2, 0.25) is 0 Å². The Morgan fingerprint density at radius 1 is 1.11 bits per heavy atom. The lowest BCUT2D eigenvalue weighted by molar-refractivity contribution is 0.588. The molecule has 0 saturated carbocycles. The molecule has 0 amide bonds. The first-order chi connectivity index (χ1) is 8.93. The van der Waals surface area contributed by atoms with Crippen molar-refractivity contribution in [3.8, 4) is 0 Å². The lowest BCUT2D eigenvalue weighted by Gasteiger charge is -2.21. The van der Waals surface area contributed by atoms with Gasteiger partial charge >= 0.3 is 0 Å². The number of thiophene rings is 1. The molecule has 0 aliphatic rings. The van der Waals surface area contributed by atoms with E-state index < -0.39 is 0 Å². The third kappa shape index (κ3) is 3.06. The van der Waals surface area contributed by atoms with E-state index in [2.05, 4.69) is 68.8 Å². The number of hydrazine groups is 1. The van der Waals surface area contributed by atoms with Crippen LogP contribution in [0.2, 0.25) is 0 Å². The van der Waals surface area contributed by atoms with E-state index in [-0.39, 0.29) is 11.5 Å². The quantitative estimate of drug-likeness (QED) is 0.658. The largest absolute Gasteiger partial charge is 0.271 e. The smallest absolute Gasteiger partial charge is 0.0805 e. The molecular weight excluding hydrogens is 252 g/mol. The second kappa shape index (κ2) is 5.45. The minimum absolute atomic E-state index is 0.0778. The van der Waals surface area contributed by atoms with Gasteiger partial charge in [-0.3, -0.25) is 5.84 Å². The van der Waals surface area contributed by atoms with Crippen molar-refractivity contribution < 1.29 is 0 Å². The standard InChI is InChI=1S/C16H22N2S/c1-11-9-10-19-15(11)14(18-17)12-5-7-13(8-6-12)16(2,3)4/h5-10,14,18H,17H2,1-4H3. The van der Waals surface area contributed by atoms with Gasteiger partial charge in [-0.05, 0) is 40.5 Å². The number of rotatable bonds is 3. The van der Waals surface area contributed by atoms with Crippen LogP contribution in [0, 0.1) is 6.92 Å². The number of benzene rings is 1. The van der Waals surface area contributed by atoms with Crippen LogP contribution in [0.25, 0.3) is 0 Å². The maximum absolute atomic E-state index is 5.75. The van der Waals surface area contributed by atoms with Gasteiger partial charge in [0, 0.05) is 4.88 Å². The zero-order chi connectivity index (χ0) is 14.0. The van der Waals surface area contributed by atoms with Crippen molar-refractivity contribution in [3.05, 3.63) is 57.3 Å². The lowest BCUT2D eigenvalue weighted by atomic mass is 9.86. The highest BCUT2D eigenvalue weighted by molar-refractivity contribution is 7.10. The minimum atomic E-state index is 0.0778. The summed E-state index contributed by atoms with van der Waals surface area (Å²) in [5, 5.41) is 2.11. The van der Waals surface area contributed by atoms with Crippen LogP contribution < -0.4 is 11.3 Å². The van der Waals surface area contributed by atoms with Crippen molar-refractivity contribution in [2.45, 2.75) is 39.2 Å². The molecule has 1 aromatic heterocycles. The summed E-state index contributed by atoms with van der Waals surface area (Å²) in [6.07, 6.45) is 0. The number of nitrogens with two attached hydrogens (primary N) is 1. The van der Waals surface area contributed by atoms with Crippen LogP contribution in [0.5, 0.6) is 0 Å². The summed E-state index contributed by atoms with van der Waals surface area (Å²) in [5.74, 6) is 5.75. The molecule has 1 aromatic carbocycles. The second-order valence-corrected chi connectivity index (χ2v) is 6.89. The van der Waals surface area contributed by atoms with Gasteiger partial charge in [0.1, 0.15) is 0 Å². The fourth-order valence-electron chi connectivity index (χ4n) is 2.18. The van der Waals surface area contributed by atoms with E-state index in [1.54, 1.807) is 11.3 Å². The molecule has 2 aromatic rings. The van der Waals surface area contributed by atoms with Gasteiger partial charge in [-0.2, -0.15) is 0 Å². The monoisotopic (exact) mass is 274 g/mol. The third-order valence-electron chi connectivity index (χ3n) is 3.44. The van der Waals surface area contributed by atoms with Crippen LogP contribution in [0.15, 0.2) is 35.7 Å². The fourth-order valence-corrected chi connectivity index (χ4v) is 3.19. The second-order valence-electron chi connectivity index (χ2n) is 5.94. The summed E-state index contributed by atoms with van der Waals surface area (Å²) in [4.78, 5) is 1.28. The summed E-state index contributed by atoms with van der Waals surface area (Å²) < 4.78 is 0. The maximum Gasteiger partial charge on any atom is 0.0805 e. The van der Waals surface area contributed by atoms with E-state index in [1.165, 1.54) is 21.6 Å². The average Bonchev–Trinajstić information content (AvgIpc) is 2.76. The van der Waals surface area contributed by atoms with E-state index in [0.29, 0.717) is 0 Å². The van der Waals surface area contributed by atoms with Crippen LogP contribution in [0.3, 0.4) is 0 Å². The van der Waals surface area contributed by atoms with Gasteiger partial charge in [0.25, 0.3) is 0 Å². The summed E-state index contributed by atoms with van der Waals surface area (Å²) in [6.45, 7) is 8.80. The molecule has 0 bridgehead atoms. The molecule has 2 rings (SSSR count). The van der Waals surface area contributed by atoms with Gasteiger partial charge in [0.05, 0.1) is 6.04 Å². The van der Waals surface area contributed by atoms with Crippen LogP contribution in [-0.4, -0.2) is 0 Å². The Morgan fingerprint density at radius 3 is 2.16 bits per heavy atom. The highest BCUT2D eigenvalue weighted by Gasteiger charge is 2.18. The molecule has 3 N–H and O–H groups in total. The Hall–Kier alpha value is -1.16. The zero-order valence-electron chi connectivity index (χ0n) is 12.0. The summed E-state index contributed by atoms with van der Waals surface area (Å²) in [5.41, 5.74) is 6.95. The molecule has 0 radical (unpaired) electrons. The average molecular weight is 274 g/mol. The fraction of sp³-hybridized carbons (Fsp3) is 0.375. The maximum atomic E-state index is 5.75. The topological polar surface area (TPSA) is 38.0 Å². The van der Waals surface area contributed by atoms with Gasteiger partial charge in [-0.15, -0.1) is 11.3 Å². The Bertz CT molecular complexity index is 535. The van der Waals surface area contributed by atoms with E-state index in [4.69, 9.17) is 5.84 Å². The van der Waals surface area contributed by atoms with E-state index >= 15 is 0 Å². The van der Waals surface area contributed by atoms with Crippen LogP contribution >= 0.6 is 11.3 Å². The van der Waals surface area contributed by atoms with Crippen molar-refractivity contribution in [2.75, 3.05) is 0 Å². The molecule has 1 heterocycles. The van der Waals surface area contributed by atoms with Crippen molar-refractivity contribution in [1.29, 1.82) is 0 Å². The first-order valence-corrected chi connectivity index (χ1v) is 7.42. The van der Waals surface area contributed by atoms with Gasteiger partial charge in [-0.1, -0.05) is 45.0 Å². The highest BCUT2D eigenvalue weighted by atomic mass is 32.1. The Labute approximate surface area is 119 Å². The molecule has 0 saturated heterocycles. The Balaban J connectivity index is 2.33. The lowest BCUT2D eigenvalue weighted by Crippen LogP contribution is -2.28. The first-order valence-electron chi connectivity index (χ1n) is 6.54. The van der Waals surface area contributed by atoms with Crippen molar-refractivity contribution in [3.63, 3.8) is 0 Å². The van der Waals surface area contributed by atoms with Gasteiger partial charge < -0.3 is 0 Å². The molecule has 0 aliphatic carbocycles. The van der Waals surface area contributed by atoms with Gasteiger partial charge in [-0.25, -0.2) is 5.43 Å². The number of hydrogen-bond acceptors (Lipinski definition) is 3. The van der Waals surface area contributed by atoms with Crippen molar-refractivity contribution >= 4 is 11.3 Å². The number of nitrogens with one attached hydrogen (secondary N) is 1. The molecule has 102 valence electrons. The predicted molar refractivity (Wildman–Crippen MR) is 83.4 cm³/mol. The Kier molecular flexibility index (Phi) is 4.09. The molecule has 19 heavy (non-hydrogen) atoms. The van der Waals surface area contributed by atoms with Crippen LogP contribution in [-0.2, 0) is 5.41 Å². The number of hydrogen-bond donors (Lipinski definition) is 2. The van der Waals surface area contributed by atoms with E-state index in [9.17, 15) is 0 Å².